The molecule has 2 fully saturated rings. The highest BCUT2D eigenvalue weighted by Gasteiger charge is 2.32. The summed E-state index contributed by atoms with van der Waals surface area (Å²) in [6.07, 6.45) is 4.29. The van der Waals surface area contributed by atoms with E-state index in [0.29, 0.717) is 11.1 Å². The van der Waals surface area contributed by atoms with Crippen molar-refractivity contribution in [1.29, 1.82) is 0 Å². The van der Waals surface area contributed by atoms with Gasteiger partial charge in [0.25, 0.3) is 0 Å². The van der Waals surface area contributed by atoms with Gasteiger partial charge in [-0.3, -0.25) is 4.57 Å². The zero-order chi connectivity index (χ0) is 19.8. The van der Waals surface area contributed by atoms with E-state index >= 15 is 0 Å². The number of piperidine rings is 1. The first-order chi connectivity index (χ1) is 14.2. The van der Waals surface area contributed by atoms with E-state index in [2.05, 4.69) is 40.2 Å². The third-order valence-corrected chi connectivity index (χ3v) is 6.72. The van der Waals surface area contributed by atoms with E-state index in [0.717, 1.165) is 56.4 Å². The lowest BCUT2D eigenvalue weighted by molar-refractivity contribution is -0.0346. The van der Waals surface area contributed by atoms with E-state index in [1.165, 1.54) is 5.56 Å². The van der Waals surface area contributed by atoms with Gasteiger partial charge in [-0.25, -0.2) is 4.79 Å². The Kier molecular flexibility index (Phi) is 5.20. The standard InChI is InChI=1S/C23H26ClN3O2/c24-17-6-7-21-20(14-17)25-23(28)27(21)18-8-11-26(12-9-18)19-10-13-29-22(15-19)16-4-2-1-3-5-16/h1-7,14,18-19,22H,8-13,15H2,(H,25,28). The van der Waals surface area contributed by atoms with Crippen LogP contribution in [0.4, 0.5) is 0 Å². The van der Waals surface area contributed by atoms with Crippen LogP contribution in [0.15, 0.2) is 53.3 Å². The van der Waals surface area contributed by atoms with Gasteiger partial charge in [-0.15, -0.1) is 0 Å². The van der Waals surface area contributed by atoms with Crippen molar-refractivity contribution in [2.24, 2.45) is 0 Å². The fourth-order valence-electron chi connectivity index (χ4n) is 4.99. The Hall–Kier alpha value is -2.08. The number of ether oxygens (including phenoxy) is 1. The molecule has 0 aliphatic carbocycles. The van der Waals surface area contributed by atoms with Gasteiger partial charge in [0.2, 0.25) is 0 Å². The third-order valence-electron chi connectivity index (χ3n) is 6.49. The summed E-state index contributed by atoms with van der Waals surface area (Å²) >= 11 is 6.08. The summed E-state index contributed by atoms with van der Waals surface area (Å²) in [4.78, 5) is 18.1. The second kappa shape index (κ2) is 7.98. The zero-order valence-corrected chi connectivity index (χ0v) is 17.1. The average molecular weight is 412 g/mol. The molecule has 3 aromatic rings. The molecule has 2 atom stereocenters. The van der Waals surface area contributed by atoms with Crippen LogP contribution >= 0.6 is 11.6 Å². The Bertz CT molecular complexity index is 1040. The first-order valence-electron chi connectivity index (χ1n) is 10.5. The number of nitrogens with zero attached hydrogens (tertiary/aromatic N) is 2. The molecule has 2 aromatic carbocycles. The molecule has 2 aliphatic rings. The first-order valence-corrected chi connectivity index (χ1v) is 10.9. The Morgan fingerprint density at radius 3 is 2.59 bits per heavy atom. The molecule has 6 heteroatoms. The van der Waals surface area contributed by atoms with Crippen LogP contribution in [0.2, 0.25) is 5.02 Å². The monoisotopic (exact) mass is 411 g/mol. The van der Waals surface area contributed by atoms with E-state index in [9.17, 15) is 4.79 Å². The van der Waals surface area contributed by atoms with Crippen LogP contribution in [0.3, 0.4) is 0 Å². The quantitative estimate of drug-likeness (QED) is 0.688. The SMILES string of the molecule is O=c1[nH]c2cc(Cl)ccc2n1C1CCN(C2CCOC(c3ccccc3)C2)CC1. The molecule has 2 aliphatic heterocycles. The number of nitrogens with one attached hydrogen (secondary N) is 1. The first kappa shape index (κ1) is 18.9. The molecule has 0 amide bonds. The van der Waals surface area contributed by atoms with Crippen LogP contribution < -0.4 is 5.69 Å². The smallest absolute Gasteiger partial charge is 0.326 e. The van der Waals surface area contributed by atoms with E-state index in [4.69, 9.17) is 16.3 Å². The molecular formula is C23H26ClN3O2. The number of H-pyrrole nitrogens is 1. The molecule has 0 spiro atoms. The number of rotatable bonds is 3. The maximum absolute atomic E-state index is 12.6. The summed E-state index contributed by atoms with van der Waals surface area (Å²) in [7, 11) is 0. The van der Waals surface area contributed by atoms with Crippen LogP contribution in [0, 0.1) is 0 Å². The van der Waals surface area contributed by atoms with Crippen molar-refractivity contribution in [3.8, 4) is 0 Å². The predicted molar refractivity (Wildman–Crippen MR) is 116 cm³/mol. The molecule has 152 valence electrons. The average Bonchev–Trinajstić information content (AvgIpc) is 3.09. The molecule has 5 rings (SSSR count). The van der Waals surface area contributed by atoms with E-state index in [1.807, 2.05) is 22.8 Å². The van der Waals surface area contributed by atoms with Gasteiger partial charge < -0.3 is 14.6 Å². The molecule has 1 aromatic heterocycles. The third kappa shape index (κ3) is 3.75. The van der Waals surface area contributed by atoms with E-state index in [-0.39, 0.29) is 17.8 Å². The molecule has 1 N–H and O–H groups in total. The minimum Gasteiger partial charge on any atom is -0.373 e. The zero-order valence-electron chi connectivity index (χ0n) is 16.4. The van der Waals surface area contributed by atoms with Gasteiger partial charge in [0.05, 0.1) is 17.1 Å². The van der Waals surface area contributed by atoms with Gasteiger partial charge in [0.15, 0.2) is 0 Å². The number of fused-ring (bicyclic) bond motifs is 1. The molecule has 29 heavy (non-hydrogen) atoms. The molecular weight excluding hydrogens is 386 g/mol. The lowest BCUT2D eigenvalue weighted by atomic mass is 9.94. The van der Waals surface area contributed by atoms with Gasteiger partial charge >= 0.3 is 5.69 Å². The summed E-state index contributed by atoms with van der Waals surface area (Å²) in [6, 6.07) is 17.0. The summed E-state index contributed by atoms with van der Waals surface area (Å²) < 4.78 is 7.98. The Morgan fingerprint density at radius 2 is 1.79 bits per heavy atom. The number of benzene rings is 2. The van der Waals surface area contributed by atoms with Crippen molar-refractivity contribution in [1.82, 2.24) is 14.5 Å². The highest BCUT2D eigenvalue weighted by Crippen LogP contribution is 2.33. The molecule has 0 saturated carbocycles. The number of imidazole rings is 1. The minimum absolute atomic E-state index is 0.0316. The van der Waals surface area contributed by atoms with Crippen LogP contribution in [-0.2, 0) is 4.74 Å². The van der Waals surface area contributed by atoms with Crippen LogP contribution in [0.5, 0.6) is 0 Å². The van der Waals surface area contributed by atoms with Gasteiger partial charge in [0, 0.05) is 36.8 Å². The van der Waals surface area contributed by atoms with Gasteiger partial charge in [-0.2, -0.15) is 0 Å². The Morgan fingerprint density at radius 1 is 1.00 bits per heavy atom. The number of hydrogen-bond acceptors (Lipinski definition) is 3. The van der Waals surface area contributed by atoms with Crippen molar-refractivity contribution in [3.05, 3.63) is 69.6 Å². The minimum atomic E-state index is -0.0316. The van der Waals surface area contributed by atoms with E-state index in [1.54, 1.807) is 0 Å². The lowest BCUT2D eigenvalue weighted by Crippen LogP contribution is -2.45. The number of halogens is 1. The molecule has 2 unspecified atom stereocenters. The summed E-state index contributed by atoms with van der Waals surface area (Å²) in [5.74, 6) is 0. The molecule has 3 heterocycles. The van der Waals surface area contributed by atoms with Crippen molar-refractivity contribution in [3.63, 3.8) is 0 Å². The normalized spacial score (nSPS) is 24.2. The maximum Gasteiger partial charge on any atom is 0.326 e. The van der Waals surface area contributed by atoms with Gasteiger partial charge in [-0.05, 0) is 49.4 Å². The largest absolute Gasteiger partial charge is 0.373 e. The van der Waals surface area contributed by atoms with Crippen molar-refractivity contribution >= 4 is 22.6 Å². The Balaban J connectivity index is 1.27. The summed E-state index contributed by atoms with van der Waals surface area (Å²) in [5, 5.41) is 0.646. The van der Waals surface area contributed by atoms with Crippen molar-refractivity contribution < 1.29 is 4.74 Å². The maximum atomic E-state index is 12.6. The predicted octanol–water partition coefficient (Wildman–Crippen LogP) is 4.54. The topological polar surface area (TPSA) is 50.3 Å². The highest BCUT2D eigenvalue weighted by molar-refractivity contribution is 6.31. The molecule has 5 nitrogen and oxygen atoms in total. The van der Waals surface area contributed by atoms with Crippen LogP contribution in [0.25, 0.3) is 11.0 Å². The molecule has 0 bridgehead atoms. The fraction of sp³-hybridized carbons (Fsp3) is 0.435. The summed E-state index contributed by atoms with van der Waals surface area (Å²) in [6.45, 7) is 2.85. The number of likely N-dealkylation sites (tertiary alicyclic amines) is 1. The second-order valence-corrected chi connectivity index (χ2v) is 8.61. The fourth-order valence-corrected chi connectivity index (χ4v) is 5.16. The highest BCUT2D eigenvalue weighted by atomic mass is 35.5. The number of hydrogen-bond donors (Lipinski definition) is 1. The van der Waals surface area contributed by atoms with E-state index < -0.39 is 0 Å². The van der Waals surface area contributed by atoms with Gasteiger partial charge in [-0.1, -0.05) is 41.9 Å². The van der Waals surface area contributed by atoms with Crippen LogP contribution in [-0.4, -0.2) is 40.2 Å². The molecule has 2 saturated heterocycles. The number of aromatic nitrogens is 2. The van der Waals surface area contributed by atoms with Crippen molar-refractivity contribution in [2.75, 3.05) is 19.7 Å². The second-order valence-electron chi connectivity index (χ2n) is 8.18. The Labute approximate surface area is 175 Å². The van der Waals surface area contributed by atoms with Crippen LogP contribution in [0.1, 0.15) is 43.4 Å². The molecule has 0 radical (unpaired) electrons. The number of aromatic amines is 1. The summed E-state index contributed by atoms with van der Waals surface area (Å²) in [5.41, 5.74) is 3.01. The van der Waals surface area contributed by atoms with Gasteiger partial charge in [0.1, 0.15) is 0 Å². The lowest BCUT2D eigenvalue weighted by Gasteiger charge is -2.41. The van der Waals surface area contributed by atoms with Crippen molar-refractivity contribution in [2.45, 2.75) is 43.9 Å².